The summed E-state index contributed by atoms with van der Waals surface area (Å²) in [5, 5.41) is 13.5. The molecule has 3 heteroatoms. The van der Waals surface area contributed by atoms with Gasteiger partial charge in [-0.15, -0.1) is 6.58 Å². The molecular weight excluding hydrogens is 164 g/mol. The summed E-state index contributed by atoms with van der Waals surface area (Å²) in [6.07, 6.45) is 5.55. The molecular formula is C10H16N2O. The maximum Gasteiger partial charge on any atom is 0.0578 e. The van der Waals surface area contributed by atoms with Gasteiger partial charge in [-0.05, 0) is 25.3 Å². The zero-order valence-corrected chi connectivity index (χ0v) is 7.98. The van der Waals surface area contributed by atoms with Crippen molar-refractivity contribution in [2.24, 2.45) is 7.05 Å². The van der Waals surface area contributed by atoms with E-state index < -0.39 is 0 Å². The Morgan fingerprint density at radius 2 is 2.54 bits per heavy atom. The fourth-order valence-corrected chi connectivity index (χ4v) is 1.27. The zero-order chi connectivity index (χ0) is 9.68. The Morgan fingerprint density at radius 3 is 3.08 bits per heavy atom. The standard InChI is InChI=1S/C10H16N2O/c1-3-4-10(13)6-5-9-7-8-11-12(9)2/h3,7-8,10,13H,1,4-6H2,2H3. The summed E-state index contributed by atoms with van der Waals surface area (Å²) in [6, 6.07) is 1.97. The van der Waals surface area contributed by atoms with Crippen molar-refractivity contribution in [1.82, 2.24) is 9.78 Å². The van der Waals surface area contributed by atoms with Crippen molar-refractivity contribution >= 4 is 0 Å². The average molecular weight is 180 g/mol. The van der Waals surface area contributed by atoms with E-state index in [9.17, 15) is 5.11 Å². The van der Waals surface area contributed by atoms with Crippen molar-refractivity contribution in [3.63, 3.8) is 0 Å². The second kappa shape index (κ2) is 4.82. The number of aryl methyl sites for hydroxylation is 2. The lowest BCUT2D eigenvalue weighted by molar-refractivity contribution is 0.167. The number of hydrogen-bond donors (Lipinski definition) is 1. The van der Waals surface area contributed by atoms with Gasteiger partial charge >= 0.3 is 0 Å². The van der Waals surface area contributed by atoms with Crippen molar-refractivity contribution in [2.45, 2.75) is 25.4 Å². The molecule has 1 unspecified atom stereocenters. The predicted octanol–water partition coefficient (Wildman–Crippen LogP) is 1.29. The molecule has 1 atom stereocenters. The van der Waals surface area contributed by atoms with Crippen LogP contribution in [0.3, 0.4) is 0 Å². The lowest BCUT2D eigenvalue weighted by atomic mass is 10.1. The van der Waals surface area contributed by atoms with Gasteiger partial charge < -0.3 is 5.11 Å². The number of aromatic nitrogens is 2. The third-order valence-corrected chi connectivity index (χ3v) is 2.09. The molecule has 1 heterocycles. The van der Waals surface area contributed by atoms with E-state index in [0.717, 1.165) is 18.5 Å². The van der Waals surface area contributed by atoms with Crippen LogP contribution in [0.2, 0.25) is 0 Å². The fourth-order valence-electron chi connectivity index (χ4n) is 1.27. The minimum atomic E-state index is -0.271. The lowest BCUT2D eigenvalue weighted by Gasteiger charge is -2.07. The van der Waals surface area contributed by atoms with Crippen LogP contribution in [0.4, 0.5) is 0 Å². The smallest absolute Gasteiger partial charge is 0.0578 e. The largest absolute Gasteiger partial charge is 0.393 e. The number of hydrogen-bond acceptors (Lipinski definition) is 2. The maximum absolute atomic E-state index is 9.44. The molecule has 13 heavy (non-hydrogen) atoms. The minimum absolute atomic E-state index is 0.271. The van der Waals surface area contributed by atoms with Crippen molar-refractivity contribution in [2.75, 3.05) is 0 Å². The van der Waals surface area contributed by atoms with Crippen LogP contribution in [0.25, 0.3) is 0 Å². The first kappa shape index (κ1) is 9.99. The first-order valence-corrected chi connectivity index (χ1v) is 4.50. The van der Waals surface area contributed by atoms with E-state index in [1.54, 1.807) is 12.3 Å². The third-order valence-electron chi connectivity index (χ3n) is 2.09. The normalized spacial score (nSPS) is 12.8. The summed E-state index contributed by atoms with van der Waals surface area (Å²) >= 11 is 0. The van der Waals surface area contributed by atoms with E-state index in [-0.39, 0.29) is 6.10 Å². The first-order chi connectivity index (χ1) is 6.24. The molecule has 72 valence electrons. The zero-order valence-electron chi connectivity index (χ0n) is 7.98. The number of nitrogens with zero attached hydrogens (tertiary/aromatic N) is 2. The quantitative estimate of drug-likeness (QED) is 0.693. The van der Waals surface area contributed by atoms with E-state index >= 15 is 0 Å². The van der Waals surface area contributed by atoms with Crippen LogP contribution in [0.15, 0.2) is 24.9 Å². The molecule has 1 aromatic heterocycles. The molecule has 0 aromatic carbocycles. The molecule has 0 bridgehead atoms. The minimum Gasteiger partial charge on any atom is -0.393 e. The van der Waals surface area contributed by atoms with Gasteiger partial charge in [-0.2, -0.15) is 5.10 Å². The molecule has 0 aliphatic carbocycles. The molecule has 1 rings (SSSR count). The summed E-state index contributed by atoms with van der Waals surface area (Å²) in [7, 11) is 1.91. The molecule has 0 fully saturated rings. The summed E-state index contributed by atoms with van der Waals surface area (Å²) < 4.78 is 1.83. The molecule has 1 N–H and O–H groups in total. The second-order valence-electron chi connectivity index (χ2n) is 3.16. The molecule has 1 aromatic rings. The molecule has 0 radical (unpaired) electrons. The van der Waals surface area contributed by atoms with E-state index in [4.69, 9.17) is 0 Å². The van der Waals surface area contributed by atoms with Crippen LogP contribution >= 0.6 is 0 Å². The Labute approximate surface area is 78.7 Å². The Kier molecular flexibility index (Phi) is 3.71. The van der Waals surface area contributed by atoms with Gasteiger partial charge in [0.2, 0.25) is 0 Å². The van der Waals surface area contributed by atoms with Crippen LogP contribution in [-0.2, 0) is 13.5 Å². The van der Waals surface area contributed by atoms with Gasteiger partial charge in [0, 0.05) is 18.9 Å². The summed E-state index contributed by atoms with van der Waals surface area (Å²) in [6.45, 7) is 3.59. The molecule has 0 amide bonds. The third kappa shape index (κ3) is 3.03. The van der Waals surface area contributed by atoms with Gasteiger partial charge in [0.1, 0.15) is 0 Å². The van der Waals surface area contributed by atoms with Crippen molar-refractivity contribution in [1.29, 1.82) is 0 Å². The monoisotopic (exact) mass is 180 g/mol. The van der Waals surface area contributed by atoms with E-state index in [2.05, 4.69) is 11.7 Å². The highest BCUT2D eigenvalue weighted by molar-refractivity contribution is 5.00. The van der Waals surface area contributed by atoms with Crippen LogP contribution < -0.4 is 0 Å². The highest BCUT2D eigenvalue weighted by Gasteiger charge is 2.04. The average Bonchev–Trinajstić information content (AvgIpc) is 2.48. The summed E-state index contributed by atoms with van der Waals surface area (Å²) in [4.78, 5) is 0. The van der Waals surface area contributed by atoms with Gasteiger partial charge in [0.25, 0.3) is 0 Å². The lowest BCUT2D eigenvalue weighted by Crippen LogP contribution is -2.08. The fraction of sp³-hybridized carbons (Fsp3) is 0.500. The van der Waals surface area contributed by atoms with E-state index in [1.165, 1.54) is 0 Å². The molecule has 3 nitrogen and oxygen atoms in total. The molecule has 0 saturated heterocycles. The predicted molar refractivity (Wildman–Crippen MR) is 52.3 cm³/mol. The number of rotatable bonds is 5. The Morgan fingerprint density at radius 1 is 1.77 bits per heavy atom. The highest BCUT2D eigenvalue weighted by Crippen LogP contribution is 2.06. The maximum atomic E-state index is 9.44. The van der Waals surface area contributed by atoms with Crippen molar-refractivity contribution in [3.05, 3.63) is 30.6 Å². The van der Waals surface area contributed by atoms with Crippen molar-refractivity contribution < 1.29 is 5.11 Å². The van der Waals surface area contributed by atoms with Gasteiger partial charge in [-0.3, -0.25) is 4.68 Å². The van der Waals surface area contributed by atoms with Gasteiger partial charge in [0.15, 0.2) is 0 Å². The van der Waals surface area contributed by atoms with Crippen molar-refractivity contribution in [3.8, 4) is 0 Å². The Hall–Kier alpha value is -1.09. The van der Waals surface area contributed by atoms with Crippen LogP contribution in [0.5, 0.6) is 0 Å². The molecule has 0 spiro atoms. The SMILES string of the molecule is C=CCC(O)CCc1ccnn1C. The topological polar surface area (TPSA) is 38.1 Å². The molecule has 0 saturated carbocycles. The molecule has 0 aliphatic rings. The van der Waals surface area contributed by atoms with E-state index in [0.29, 0.717) is 6.42 Å². The Bertz CT molecular complexity index is 268. The molecule has 0 aliphatic heterocycles. The van der Waals surface area contributed by atoms with E-state index in [1.807, 2.05) is 17.8 Å². The highest BCUT2D eigenvalue weighted by atomic mass is 16.3. The van der Waals surface area contributed by atoms with Crippen LogP contribution in [0, 0.1) is 0 Å². The van der Waals surface area contributed by atoms with Crippen LogP contribution in [-0.4, -0.2) is 21.0 Å². The van der Waals surface area contributed by atoms with Gasteiger partial charge in [-0.1, -0.05) is 6.08 Å². The number of aliphatic hydroxyl groups is 1. The van der Waals surface area contributed by atoms with Gasteiger partial charge in [0.05, 0.1) is 6.10 Å². The van der Waals surface area contributed by atoms with Crippen LogP contribution in [0.1, 0.15) is 18.5 Å². The summed E-state index contributed by atoms with van der Waals surface area (Å²) in [5.41, 5.74) is 1.16. The summed E-state index contributed by atoms with van der Waals surface area (Å²) in [5.74, 6) is 0. The second-order valence-corrected chi connectivity index (χ2v) is 3.16. The number of aliphatic hydroxyl groups excluding tert-OH is 1. The Balaban J connectivity index is 2.34. The van der Waals surface area contributed by atoms with Gasteiger partial charge in [-0.25, -0.2) is 0 Å². The first-order valence-electron chi connectivity index (χ1n) is 4.50.